The van der Waals surface area contributed by atoms with E-state index >= 15 is 0 Å². The molecule has 0 unspecified atom stereocenters. The highest BCUT2D eigenvalue weighted by Gasteiger charge is 2.49. The zero-order valence-electron chi connectivity index (χ0n) is 15.7. The number of aryl methyl sites for hydroxylation is 3. The first-order valence-corrected chi connectivity index (χ1v) is 9.77. The molecule has 0 bridgehead atoms. The highest BCUT2D eigenvalue weighted by Crippen LogP contribution is 2.52. The summed E-state index contributed by atoms with van der Waals surface area (Å²) in [6.45, 7) is 3.84. The van der Waals surface area contributed by atoms with Crippen molar-refractivity contribution in [3.8, 4) is 0 Å². The van der Waals surface area contributed by atoms with Crippen LogP contribution in [0.15, 0.2) is 36.5 Å². The first-order valence-electron chi connectivity index (χ1n) is 9.77. The monoisotopic (exact) mass is 385 g/mol. The molecule has 6 heteroatoms. The van der Waals surface area contributed by atoms with Crippen molar-refractivity contribution in [2.75, 3.05) is 6.54 Å². The lowest BCUT2D eigenvalue weighted by molar-refractivity contribution is -0.141. The summed E-state index contributed by atoms with van der Waals surface area (Å²) >= 11 is 0. The molecule has 1 aliphatic carbocycles. The average molecular weight is 385 g/mol. The SMILES string of the molecule is Cc1ccc2c(c1)c1c(n2CCc2ccc(C(F)(F)F)nc2)CCNC12CC2. The van der Waals surface area contributed by atoms with E-state index in [0.29, 0.717) is 6.42 Å². The summed E-state index contributed by atoms with van der Waals surface area (Å²) in [5.41, 5.74) is 5.44. The van der Waals surface area contributed by atoms with Crippen LogP contribution in [-0.4, -0.2) is 16.1 Å². The van der Waals surface area contributed by atoms with Gasteiger partial charge in [-0.05, 0) is 49.9 Å². The maximum Gasteiger partial charge on any atom is 0.433 e. The van der Waals surface area contributed by atoms with Crippen LogP contribution in [0.1, 0.15) is 40.9 Å². The third kappa shape index (κ3) is 2.82. The quantitative estimate of drug-likeness (QED) is 0.706. The van der Waals surface area contributed by atoms with E-state index < -0.39 is 11.9 Å². The van der Waals surface area contributed by atoms with Gasteiger partial charge in [0, 0.05) is 53.4 Å². The minimum Gasteiger partial charge on any atom is -0.344 e. The Balaban J connectivity index is 1.50. The van der Waals surface area contributed by atoms with Crippen LogP contribution in [0.4, 0.5) is 13.2 Å². The van der Waals surface area contributed by atoms with Crippen LogP contribution in [0, 0.1) is 6.92 Å². The zero-order valence-corrected chi connectivity index (χ0v) is 15.7. The van der Waals surface area contributed by atoms with Gasteiger partial charge in [0.1, 0.15) is 5.69 Å². The second kappa shape index (κ2) is 6.08. The van der Waals surface area contributed by atoms with Gasteiger partial charge in [-0.1, -0.05) is 17.7 Å². The first-order chi connectivity index (χ1) is 13.4. The van der Waals surface area contributed by atoms with E-state index in [0.717, 1.165) is 31.1 Å². The fourth-order valence-electron chi connectivity index (χ4n) is 4.61. The Kier molecular flexibility index (Phi) is 3.85. The second-order valence-electron chi connectivity index (χ2n) is 8.05. The molecular weight excluding hydrogens is 363 g/mol. The van der Waals surface area contributed by atoms with Crippen molar-refractivity contribution in [1.29, 1.82) is 0 Å². The molecule has 1 spiro atoms. The minimum absolute atomic E-state index is 0.140. The smallest absolute Gasteiger partial charge is 0.344 e. The van der Waals surface area contributed by atoms with E-state index in [1.165, 1.54) is 46.8 Å². The second-order valence-corrected chi connectivity index (χ2v) is 8.05. The molecule has 5 rings (SSSR count). The Hall–Kier alpha value is -2.34. The van der Waals surface area contributed by atoms with E-state index in [9.17, 15) is 13.2 Å². The average Bonchev–Trinajstić information content (AvgIpc) is 3.34. The van der Waals surface area contributed by atoms with Crippen LogP contribution < -0.4 is 5.32 Å². The van der Waals surface area contributed by atoms with Gasteiger partial charge in [-0.3, -0.25) is 4.98 Å². The Morgan fingerprint density at radius 2 is 2.00 bits per heavy atom. The third-order valence-corrected chi connectivity index (χ3v) is 6.12. The lowest BCUT2D eigenvalue weighted by Crippen LogP contribution is -2.36. The number of nitrogens with one attached hydrogen (secondary N) is 1. The van der Waals surface area contributed by atoms with Gasteiger partial charge in [0.2, 0.25) is 0 Å². The van der Waals surface area contributed by atoms with Crippen LogP contribution in [0.3, 0.4) is 0 Å². The molecule has 1 fully saturated rings. The van der Waals surface area contributed by atoms with Crippen molar-refractivity contribution in [3.63, 3.8) is 0 Å². The molecule has 1 N–H and O–H groups in total. The van der Waals surface area contributed by atoms with E-state index in [2.05, 4.69) is 40.0 Å². The number of nitrogens with zero attached hydrogens (tertiary/aromatic N) is 2. The van der Waals surface area contributed by atoms with Gasteiger partial charge < -0.3 is 9.88 Å². The van der Waals surface area contributed by atoms with Gasteiger partial charge in [0.25, 0.3) is 0 Å². The molecule has 0 radical (unpaired) electrons. The lowest BCUT2D eigenvalue weighted by Gasteiger charge is -2.26. The molecule has 2 aliphatic rings. The number of hydrogen-bond donors (Lipinski definition) is 1. The number of aromatic nitrogens is 2. The van der Waals surface area contributed by atoms with E-state index in [1.54, 1.807) is 6.07 Å². The van der Waals surface area contributed by atoms with Crippen LogP contribution in [-0.2, 0) is 31.1 Å². The van der Waals surface area contributed by atoms with Gasteiger partial charge in [-0.15, -0.1) is 0 Å². The lowest BCUT2D eigenvalue weighted by atomic mass is 9.95. The molecule has 0 atom stereocenters. The van der Waals surface area contributed by atoms with E-state index in [-0.39, 0.29) is 5.54 Å². The summed E-state index contributed by atoms with van der Waals surface area (Å²) < 4.78 is 40.6. The molecule has 3 aromatic rings. The molecule has 2 aromatic heterocycles. The fraction of sp³-hybridized carbons (Fsp3) is 0.409. The van der Waals surface area contributed by atoms with Crippen LogP contribution in [0.25, 0.3) is 10.9 Å². The normalized spacial score (nSPS) is 17.9. The Bertz CT molecular complexity index is 1040. The molecule has 3 nitrogen and oxygen atoms in total. The van der Waals surface area contributed by atoms with Crippen molar-refractivity contribution in [2.24, 2.45) is 0 Å². The zero-order chi connectivity index (χ0) is 19.5. The molecule has 0 saturated heterocycles. The maximum absolute atomic E-state index is 12.7. The Morgan fingerprint density at radius 3 is 2.68 bits per heavy atom. The highest BCUT2D eigenvalue weighted by atomic mass is 19.4. The standard InChI is InChI=1S/C22H22F3N3/c1-14-2-4-17-16(12-14)20-18(6-10-27-21(20)8-9-21)28(17)11-7-15-3-5-19(26-13-15)22(23,24)25/h2-5,12-13,27H,6-11H2,1H3. The number of rotatable bonds is 3. The van der Waals surface area contributed by atoms with Crippen molar-refractivity contribution >= 4 is 10.9 Å². The fourth-order valence-corrected chi connectivity index (χ4v) is 4.61. The summed E-state index contributed by atoms with van der Waals surface area (Å²) in [6.07, 6.45) is 0.963. The van der Waals surface area contributed by atoms with Gasteiger partial charge >= 0.3 is 6.18 Å². The Morgan fingerprint density at radius 1 is 1.18 bits per heavy atom. The largest absolute Gasteiger partial charge is 0.433 e. The number of fused-ring (bicyclic) bond motifs is 4. The van der Waals surface area contributed by atoms with Crippen LogP contribution >= 0.6 is 0 Å². The third-order valence-electron chi connectivity index (χ3n) is 6.12. The maximum atomic E-state index is 12.7. The molecule has 0 amide bonds. The molecule has 1 aromatic carbocycles. The summed E-state index contributed by atoms with van der Waals surface area (Å²) in [7, 11) is 0. The molecule has 1 aliphatic heterocycles. The Labute approximate surface area is 161 Å². The van der Waals surface area contributed by atoms with Gasteiger partial charge in [-0.25, -0.2) is 0 Å². The van der Waals surface area contributed by atoms with Crippen molar-refractivity contribution in [3.05, 3.63) is 64.6 Å². The van der Waals surface area contributed by atoms with Gasteiger partial charge in [0.05, 0.1) is 0 Å². The number of pyridine rings is 1. The summed E-state index contributed by atoms with van der Waals surface area (Å²) in [6, 6.07) is 9.21. The van der Waals surface area contributed by atoms with Crippen molar-refractivity contribution < 1.29 is 13.2 Å². The summed E-state index contributed by atoms with van der Waals surface area (Å²) in [5.74, 6) is 0. The predicted octanol–water partition coefficient (Wildman–Crippen LogP) is 4.74. The number of hydrogen-bond acceptors (Lipinski definition) is 2. The number of alkyl halides is 3. The van der Waals surface area contributed by atoms with E-state index in [4.69, 9.17) is 0 Å². The summed E-state index contributed by atoms with van der Waals surface area (Å²) in [5, 5.41) is 5.04. The van der Waals surface area contributed by atoms with Gasteiger partial charge in [-0.2, -0.15) is 13.2 Å². The molecule has 146 valence electrons. The molecular formula is C22H22F3N3. The highest BCUT2D eigenvalue weighted by molar-refractivity contribution is 5.88. The predicted molar refractivity (Wildman–Crippen MR) is 102 cm³/mol. The van der Waals surface area contributed by atoms with Crippen LogP contribution in [0.2, 0.25) is 0 Å². The van der Waals surface area contributed by atoms with Gasteiger partial charge in [0.15, 0.2) is 0 Å². The van der Waals surface area contributed by atoms with Crippen molar-refractivity contribution in [2.45, 2.75) is 50.9 Å². The minimum atomic E-state index is -4.39. The van der Waals surface area contributed by atoms with E-state index in [1.807, 2.05) is 0 Å². The van der Waals surface area contributed by atoms with Crippen molar-refractivity contribution in [1.82, 2.24) is 14.9 Å². The summed E-state index contributed by atoms with van der Waals surface area (Å²) in [4.78, 5) is 3.60. The first kappa shape index (κ1) is 17.7. The topological polar surface area (TPSA) is 29.9 Å². The molecule has 28 heavy (non-hydrogen) atoms. The number of benzene rings is 1. The molecule has 1 saturated carbocycles. The van der Waals surface area contributed by atoms with Crippen LogP contribution in [0.5, 0.6) is 0 Å². The molecule has 3 heterocycles. The number of halogens is 3.